The first-order valence-corrected chi connectivity index (χ1v) is 11.3. The second-order valence-corrected chi connectivity index (χ2v) is 8.50. The molecule has 0 spiro atoms. The molecule has 174 valence electrons. The lowest BCUT2D eigenvalue weighted by atomic mass is 9.54. The second kappa shape index (κ2) is 9.98. The van der Waals surface area contributed by atoms with Crippen LogP contribution in [0.5, 0.6) is 0 Å². The molecule has 2 aromatic carbocycles. The number of hydrogen-bond acceptors (Lipinski definition) is 8. The largest absolute Gasteiger partial charge is 0.511 e. The Balaban J connectivity index is 2.45. The van der Waals surface area contributed by atoms with Crippen molar-refractivity contribution < 1.29 is 28.6 Å². The molecule has 0 heterocycles. The quantitative estimate of drug-likeness (QED) is 0.498. The molecule has 0 unspecified atom stereocenters. The highest BCUT2D eigenvalue weighted by Gasteiger charge is 2.61. The van der Waals surface area contributed by atoms with Crippen LogP contribution in [0.1, 0.15) is 23.0 Å². The highest BCUT2D eigenvalue weighted by atomic mass is 32.2. The van der Waals surface area contributed by atoms with Crippen molar-refractivity contribution in [3.63, 3.8) is 0 Å². The Labute approximate surface area is 200 Å². The van der Waals surface area contributed by atoms with Gasteiger partial charge in [0, 0.05) is 10.8 Å². The van der Waals surface area contributed by atoms with E-state index in [9.17, 15) is 29.6 Å². The maximum atomic E-state index is 13.7. The van der Waals surface area contributed by atoms with Gasteiger partial charge in [-0.2, -0.15) is 10.5 Å². The van der Waals surface area contributed by atoms with Crippen LogP contribution in [-0.4, -0.2) is 37.5 Å². The van der Waals surface area contributed by atoms with Crippen LogP contribution in [-0.2, 0) is 19.1 Å². The maximum absolute atomic E-state index is 13.7. The van der Waals surface area contributed by atoms with Gasteiger partial charge in [-0.3, -0.25) is 4.79 Å². The summed E-state index contributed by atoms with van der Waals surface area (Å²) in [6.45, 7) is 0. The van der Waals surface area contributed by atoms with Crippen LogP contribution < -0.4 is 0 Å². The van der Waals surface area contributed by atoms with Gasteiger partial charge >= 0.3 is 11.9 Å². The number of thioether (sulfide) groups is 1. The van der Waals surface area contributed by atoms with E-state index in [1.807, 2.05) is 18.4 Å². The van der Waals surface area contributed by atoms with E-state index in [0.717, 1.165) is 31.2 Å². The number of aliphatic hydroxyl groups is 1. The minimum atomic E-state index is -2.06. The van der Waals surface area contributed by atoms with Gasteiger partial charge in [-0.05, 0) is 41.6 Å². The third-order valence-corrected chi connectivity index (χ3v) is 6.79. The van der Waals surface area contributed by atoms with Gasteiger partial charge in [0.15, 0.2) is 5.41 Å². The van der Waals surface area contributed by atoms with Gasteiger partial charge in [0.2, 0.25) is 0 Å². The fourth-order valence-corrected chi connectivity index (χ4v) is 4.90. The number of esters is 2. The lowest BCUT2D eigenvalue weighted by Crippen LogP contribution is -2.47. The summed E-state index contributed by atoms with van der Waals surface area (Å²) < 4.78 is 23.4. The minimum Gasteiger partial charge on any atom is -0.511 e. The number of methoxy groups -OCH3 is 2. The number of carbonyl (C=O) groups excluding carboxylic acids is 2. The summed E-state index contributed by atoms with van der Waals surface area (Å²) in [6.07, 6.45) is 1.88. The van der Waals surface area contributed by atoms with Gasteiger partial charge in [-0.15, -0.1) is 11.8 Å². The van der Waals surface area contributed by atoms with Crippen LogP contribution in [0.4, 0.5) is 4.39 Å². The molecule has 0 saturated heterocycles. The van der Waals surface area contributed by atoms with Crippen LogP contribution in [0.2, 0.25) is 0 Å². The molecule has 3 atom stereocenters. The molecular formula is C25H21FN2O5S. The Bertz CT molecular complexity index is 1200. The lowest BCUT2D eigenvalue weighted by Gasteiger charge is -2.44. The van der Waals surface area contributed by atoms with Crippen LogP contribution >= 0.6 is 11.8 Å². The minimum absolute atomic E-state index is 0.251. The number of carbonyl (C=O) groups is 2. The Morgan fingerprint density at radius 3 is 2.03 bits per heavy atom. The lowest BCUT2D eigenvalue weighted by molar-refractivity contribution is -0.147. The molecule has 1 aliphatic carbocycles. The number of benzene rings is 2. The van der Waals surface area contributed by atoms with Gasteiger partial charge in [0.1, 0.15) is 17.5 Å². The Morgan fingerprint density at radius 2 is 1.56 bits per heavy atom. The smallest absolute Gasteiger partial charge is 0.337 e. The topological polar surface area (TPSA) is 120 Å². The average molecular weight is 481 g/mol. The normalized spacial score (nSPS) is 21.2. The zero-order valence-electron chi connectivity index (χ0n) is 18.6. The van der Waals surface area contributed by atoms with Crippen molar-refractivity contribution in [2.45, 2.75) is 16.7 Å². The summed E-state index contributed by atoms with van der Waals surface area (Å²) in [5.74, 6) is -7.31. The summed E-state index contributed by atoms with van der Waals surface area (Å²) in [7, 11) is 2.18. The molecule has 2 aromatic rings. The summed E-state index contributed by atoms with van der Waals surface area (Å²) in [6, 6.07) is 15.8. The molecular weight excluding hydrogens is 459 g/mol. The van der Waals surface area contributed by atoms with Crippen molar-refractivity contribution in [3.8, 4) is 12.1 Å². The van der Waals surface area contributed by atoms with Crippen LogP contribution in [0.25, 0.3) is 0 Å². The predicted molar refractivity (Wildman–Crippen MR) is 121 cm³/mol. The summed E-state index contributed by atoms with van der Waals surface area (Å²) >= 11 is 1.47. The van der Waals surface area contributed by atoms with Crippen molar-refractivity contribution in [1.29, 1.82) is 10.5 Å². The molecule has 0 fully saturated rings. The molecule has 0 saturated carbocycles. The van der Waals surface area contributed by atoms with Gasteiger partial charge in [-0.1, -0.05) is 24.3 Å². The SMILES string of the molecule is COC(=O)C1=C(O)[C@@H](C(=O)OC)[C@@H](c2ccc(F)cc2)C(C#N)(C#N)[C@@H]1c1ccc(SC)cc1. The number of ether oxygens (including phenoxy) is 2. The first-order chi connectivity index (χ1) is 16.3. The number of nitrogens with zero attached hydrogens (tertiary/aromatic N) is 2. The van der Waals surface area contributed by atoms with E-state index >= 15 is 0 Å². The Kier molecular flexibility index (Phi) is 7.29. The van der Waals surface area contributed by atoms with E-state index < -0.39 is 46.7 Å². The number of hydrogen-bond donors (Lipinski definition) is 1. The van der Waals surface area contributed by atoms with Crippen molar-refractivity contribution >= 4 is 23.7 Å². The maximum Gasteiger partial charge on any atom is 0.337 e. The molecule has 0 radical (unpaired) electrons. The van der Waals surface area contributed by atoms with Gasteiger partial charge in [-0.25, -0.2) is 9.18 Å². The molecule has 7 nitrogen and oxygen atoms in total. The van der Waals surface area contributed by atoms with E-state index in [1.54, 1.807) is 24.3 Å². The van der Waals surface area contributed by atoms with Crippen LogP contribution in [0.3, 0.4) is 0 Å². The molecule has 0 bridgehead atoms. The summed E-state index contributed by atoms with van der Waals surface area (Å²) in [5.41, 5.74) is -1.80. The summed E-state index contributed by atoms with van der Waals surface area (Å²) in [4.78, 5) is 26.6. The van der Waals surface area contributed by atoms with E-state index in [1.165, 1.54) is 23.9 Å². The third-order valence-electron chi connectivity index (χ3n) is 6.05. The van der Waals surface area contributed by atoms with Crippen molar-refractivity contribution in [2.24, 2.45) is 11.3 Å². The molecule has 9 heteroatoms. The second-order valence-electron chi connectivity index (χ2n) is 7.62. The number of nitriles is 2. The molecule has 1 aliphatic rings. The van der Waals surface area contributed by atoms with E-state index in [2.05, 4.69) is 0 Å². The number of halogens is 1. The average Bonchev–Trinajstić information content (AvgIpc) is 2.87. The monoisotopic (exact) mass is 480 g/mol. The molecule has 0 aliphatic heterocycles. The van der Waals surface area contributed by atoms with Crippen LogP contribution in [0, 0.1) is 39.8 Å². The highest BCUT2D eigenvalue weighted by Crippen LogP contribution is 2.59. The Morgan fingerprint density at radius 1 is 1.00 bits per heavy atom. The van der Waals surface area contributed by atoms with Crippen molar-refractivity contribution in [1.82, 2.24) is 0 Å². The van der Waals surface area contributed by atoms with Gasteiger partial charge in [0.05, 0.1) is 37.8 Å². The van der Waals surface area contributed by atoms with E-state index in [4.69, 9.17) is 9.47 Å². The van der Waals surface area contributed by atoms with E-state index in [0.29, 0.717) is 5.56 Å². The molecule has 34 heavy (non-hydrogen) atoms. The number of rotatable bonds is 5. The standard InChI is InChI=1S/C25H21FN2O5S/c1-32-23(30)18-20(14-4-8-16(26)9-5-14)25(12-27,13-28)21(19(22(18)29)24(31)33-2)15-6-10-17(34-3)11-7-15/h4-11,18,20-21,29H,1-3H3/t18-,20+,21+/m0/s1. The third kappa shape index (κ3) is 4.00. The highest BCUT2D eigenvalue weighted by molar-refractivity contribution is 7.98. The van der Waals surface area contributed by atoms with Crippen LogP contribution in [0.15, 0.2) is 64.8 Å². The molecule has 1 N–H and O–H groups in total. The Hall–Kier alpha value is -3.82. The molecule has 3 rings (SSSR count). The van der Waals surface area contributed by atoms with E-state index in [-0.39, 0.29) is 11.1 Å². The van der Waals surface area contributed by atoms with Crippen molar-refractivity contribution in [2.75, 3.05) is 20.5 Å². The zero-order valence-corrected chi connectivity index (χ0v) is 19.4. The fraction of sp³-hybridized carbons (Fsp3) is 0.280. The first kappa shape index (κ1) is 24.8. The van der Waals surface area contributed by atoms with Gasteiger partial charge in [0.25, 0.3) is 0 Å². The fourth-order valence-electron chi connectivity index (χ4n) is 4.50. The molecule has 0 amide bonds. The molecule has 0 aromatic heterocycles. The first-order valence-electron chi connectivity index (χ1n) is 10.1. The predicted octanol–water partition coefficient (Wildman–Crippen LogP) is 4.24. The zero-order chi connectivity index (χ0) is 25.0. The van der Waals surface area contributed by atoms with Crippen molar-refractivity contribution in [3.05, 3.63) is 76.8 Å². The van der Waals surface area contributed by atoms with Gasteiger partial charge < -0.3 is 14.6 Å². The number of aliphatic hydroxyl groups excluding tert-OH is 1. The summed E-state index contributed by atoms with van der Waals surface area (Å²) in [5, 5.41) is 32.1.